The summed E-state index contributed by atoms with van der Waals surface area (Å²) in [5.74, 6) is -1.13. The minimum Gasteiger partial charge on any atom is -0.483 e. The summed E-state index contributed by atoms with van der Waals surface area (Å²) in [4.78, 5) is 24.7. The Hall–Kier alpha value is -4.29. The Morgan fingerprint density at radius 1 is 0.971 bits per heavy atom. The summed E-state index contributed by atoms with van der Waals surface area (Å²) in [7, 11) is 0. The molecule has 0 unspecified atom stereocenters. The average Bonchev–Trinajstić information content (AvgIpc) is 2.83. The van der Waals surface area contributed by atoms with E-state index in [0.29, 0.717) is 17.3 Å². The molecule has 0 saturated carbocycles. The van der Waals surface area contributed by atoms with Crippen molar-refractivity contribution in [1.82, 2.24) is 0 Å². The van der Waals surface area contributed by atoms with Crippen molar-refractivity contribution in [2.75, 3.05) is 17.2 Å². The number of alkyl halides is 3. The molecule has 0 bridgehead atoms. The van der Waals surface area contributed by atoms with Crippen LogP contribution >= 0.6 is 11.6 Å². The molecule has 178 valence electrons. The summed E-state index contributed by atoms with van der Waals surface area (Å²) < 4.78 is 44.8. The molecule has 2 N–H and O–H groups in total. The second-order valence-electron chi connectivity index (χ2n) is 7.06. The molecule has 35 heavy (non-hydrogen) atoms. The number of hydrogen-bond donors (Lipinski definition) is 2. The Bertz CT molecular complexity index is 1300. The lowest BCUT2D eigenvalue weighted by Gasteiger charge is -2.12. The molecule has 2 amide bonds. The third-order valence-corrected chi connectivity index (χ3v) is 4.86. The van der Waals surface area contributed by atoms with Crippen LogP contribution in [0.25, 0.3) is 6.08 Å². The molecule has 0 radical (unpaired) electrons. The second-order valence-corrected chi connectivity index (χ2v) is 7.46. The van der Waals surface area contributed by atoms with Gasteiger partial charge in [-0.05, 0) is 42.5 Å². The van der Waals surface area contributed by atoms with Crippen LogP contribution in [0.2, 0.25) is 5.02 Å². The molecule has 3 rings (SSSR count). The van der Waals surface area contributed by atoms with Gasteiger partial charge in [0.1, 0.15) is 17.4 Å². The molecule has 10 heteroatoms. The fourth-order valence-electron chi connectivity index (χ4n) is 2.92. The highest BCUT2D eigenvalue weighted by molar-refractivity contribution is 6.31. The molecule has 0 fully saturated rings. The lowest BCUT2D eigenvalue weighted by Crippen LogP contribution is -2.20. The zero-order valence-electron chi connectivity index (χ0n) is 17.9. The van der Waals surface area contributed by atoms with Gasteiger partial charge in [-0.2, -0.15) is 18.4 Å². The van der Waals surface area contributed by atoms with Gasteiger partial charge < -0.3 is 15.4 Å². The van der Waals surface area contributed by atoms with Gasteiger partial charge in [0.25, 0.3) is 11.8 Å². The van der Waals surface area contributed by atoms with Crippen LogP contribution in [-0.4, -0.2) is 18.4 Å². The maximum Gasteiger partial charge on any atom is 0.417 e. The summed E-state index contributed by atoms with van der Waals surface area (Å²) >= 11 is 5.59. The zero-order chi connectivity index (χ0) is 25.4. The Kier molecular flexibility index (Phi) is 8.12. The number of rotatable bonds is 7. The smallest absolute Gasteiger partial charge is 0.417 e. The summed E-state index contributed by atoms with van der Waals surface area (Å²) in [5.41, 5.74) is -0.785. The third-order valence-electron chi connectivity index (χ3n) is 4.53. The van der Waals surface area contributed by atoms with Crippen LogP contribution in [0.3, 0.4) is 0 Å². The largest absolute Gasteiger partial charge is 0.483 e. The summed E-state index contributed by atoms with van der Waals surface area (Å²) in [6, 6.07) is 19.7. The Morgan fingerprint density at radius 3 is 2.34 bits per heavy atom. The first-order valence-electron chi connectivity index (χ1n) is 10.0. The van der Waals surface area contributed by atoms with E-state index in [1.807, 2.05) is 0 Å². The number of nitrogens with one attached hydrogen (secondary N) is 2. The van der Waals surface area contributed by atoms with E-state index < -0.39 is 34.1 Å². The van der Waals surface area contributed by atoms with Gasteiger partial charge in [0.2, 0.25) is 0 Å². The average molecular weight is 500 g/mol. The van der Waals surface area contributed by atoms with Gasteiger partial charge >= 0.3 is 6.18 Å². The van der Waals surface area contributed by atoms with E-state index in [2.05, 4.69) is 10.6 Å². The van der Waals surface area contributed by atoms with Crippen molar-refractivity contribution < 1.29 is 27.5 Å². The van der Waals surface area contributed by atoms with Gasteiger partial charge in [0, 0.05) is 16.9 Å². The Labute approximate surface area is 203 Å². The molecule has 0 aliphatic rings. The van der Waals surface area contributed by atoms with Gasteiger partial charge in [-0.25, -0.2) is 0 Å². The molecule has 0 aromatic heterocycles. The Morgan fingerprint density at radius 2 is 1.66 bits per heavy atom. The first-order valence-corrected chi connectivity index (χ1v) is 10.4. The number of nitriles is 1. The van der Waals surface area contributed by atoms with Crippen LogP contribution in [0.15, 0.2) is 78.4 Å². The molecule has 0 aliphatic carbocycles. The Balaban J connectivity index is 1.74. The van der Waals surface area contributed by atoms with Crippen LogP contribution in [0, 0.1) is 11.3 Å². The van der Waals surface area contributed by atoms with E-state index in [0.717, 1.165) is 6.07 Å². The minimum atomic E-state index is -4.71. The van der Waals surface area contributed by atoms with Gasteiger partial charge in [-0.1, -0.05) is 48.0 Å². The number of nitrogens with zero attached hydrogens (tertiary/aromatic N) is 1. The number of carbonyl (C=O) groups is 2. The maximum absolute atomic E-state index is 13.1. The van der Waals surface area contributed by atoms with Crippen molar-refractivity contribution in [3.63, 3.8) is 0 Å². The highest BCUT2D eigenvalue weighted by atomic mass is 35.5. The van der Waals surface area contributed by atoms with Gasteiger partial charge in [-0.3, -0.25) is 9.59 Å². The summed E-state index contributed by atoms with van der Waals surface area (Å²) in [6.45, 7) is -0.334. The van der Waals surface area contributed by atoms with Gasteiger partial charge in [0.15, 0.2) is 6.61 Å². The van der Waals surface area contributed by atoms with Crippen LogP contribution in [0.4, 0.5) is 24.5 Å². The molecular weight excluding hydrogens is 483 g/mol. The number of amides is 2. The van der Waals surface area contributed by atoms with Crippen LogP contribution in [0.5, 0.6) is 5.75 Å². The monoisotopic (exact) mass is 499 g/mol. The fraction of sp³-hybridized carbons (Fsp3) is 0.0800. The molecule has 0 aliphatic heterocycles. The highest BCUT2D eigenvalue weighted by Crippen LogP contribution is 2.36. The van der Waals surface area contributed by atoms with Crippen LogP contribution in [0.1, 0.15) is 11.1 Å². The fourth-order valence-corrected chi connectivity index (χ4v) is 3.14. The van der Waals surface area contributed by atoms with E-state index >= 15 is 0 Å². The normalized spacial score (nSPS) is 11.3. The number of ether oxygens (including phenoxy) is 1. The first-order chi connectivity index (χ1) is 16.7. The lowest BCUT2D eigenvalue weighted by molar-refractivity contribution is -0.137. The first kappa shape index (κ1) is 25.3. The molecule has 0 heterocycles. The van der Waals surface area contributed by atoms with Crippen molar-refractivity contribution in [2.45, 2.75) is 6.18 Å². The summed E-state index contributed by atoms with van der Waals surface area (Å²) in [5, 5.41) is 13.9. The standard InChI is InChI=1S/C25H17ClF3N3O3/c26-21-11-10-19(13-20(21)25(27,28)29)32-24(34)17(14-30)12-16-6-4-5-9-22(16)35-15-23(33)31-18-7-2-1-3-8-18/h1-13H,15H2,(H,31,33)(H,32,34). The van der Waals surface area contributed by atoms with Gasteiger partial charge in [0.05, 0.1) is 10.6 Å². The molecule has 3 aromatic rings. The number of para-hydroxylation sites is 2. The molecular formula is C25H17ClF3N3O3. The number of halogens is 4. The quantitative estimate of drug-likeness (QED) is 0.312. The van der Waals surface area contributed by atoms with Gasteiger partial charge in [-0.15, -0.1) is 0 Å². The molecule has 0 saturated heterocycles. The molecule has 6 nitrogen and oxygen atoms in total. The number of carbonyl (C=O) groups excluding carboxylic acids is 2. The van der Waals surface area contributed by atoms with Crippen molar-refractivity contribution in [1.29, 1.82) is 5.26 Å². The van der Waals surface area contributed by atoms with E-state index in [1.54, 1.807) is 60.7 Å². The number of hydrogen-bond acceptors (Lipinski definition) is 4. The third kappa shape index (κ3) is 7.09. The van der Waals surface area contributed by atoms with Crippen molar-refractivity contribution in [2.24, 2.45) is 0 Å². The zero-order valence-corrected chi connectivity index (χ0v) is 18.7. The van der Waals surface area contributed by atoms with E-state index in [9.17, 15) is 28.0 Å². The van der Waals surface area contributed by atoms with Crippen molar-refractivity contribution in [3.8, 4) is 11.8 Å². The van der Waals surface area contributed by atoms with Crippen LogP contribution in [-0.2, 0) is 15.8 Å². The number of benzene rings is 3. The topological polar surface area (TPSA) is 91.2 Å². The SMILES string of the molecule is N#CC(=Cc1ccccc1OCC(=O)Nc1ccccc1)C(=O)Nc1ccc(Cl)c(C(F)(F)F)c1. The van der Waals surface area contributed by atoms with E-state index in [-0.39, 0.29) is 18.0 Å². The molecule has 3 aromatic carbocycles. The van der Waals surface area contributed by atoms with Crippen molar-refractivity contribution >= 4 is 40.9 Å². The summed E-state index contributed by atoms with van der Waals surface area (Å²) in [6.07, 6.45) is -3.50. The maximum atomic E-state index is 13.1. The van der Waals surface area contributed by atoms with Crippen molar-refractivity contribution in [3.05, 3.63) is 94.5 Å². The minimum absolute atomic E-state index is 0.185. The van der Waals surface area contributed by atoms with E-state index in [1.165, 1.54) is 12.1 Å². The second kappa shape index (κ2) is 11.2. The highest BCUT2D eigenvalue weighted by Gasteiger charge is 2.33. The van der Waals surface area contributed by atoms with E-state index in [4.69, 9.17) is 16.3 Å². The predicted octanol–water partition coefficient (Wildman–Crippen LogP) is 5.92. The van der Waals surface area contributed by atoms with Crippen LogP contribution < -0.4 is 15.4 Å². The lowest BCUT2D eigenvalue weighted by atomic mass is 10.1. The molecule has 0 spiro atoms. The number of anilines is 2. The predicted molar refractivity (Wildman–Crippen MR) is 126 cm³/mol. The molecule has 0 atom stereocenters.